The topological polar surface area (TPSA) is 35.0 Å². The van der Waals surface area contributed by atoms with Gasteiger partial charge in [0.1, 0.15) is 11.4 Å². The molecule has 0 fully saturated rings. The summed E-state index contributed by atoms with van der Waals surface area (Å²) < 4.78 is 43.7. The Labute approximate surface area is 235 Å². The lowest BCUT2D eigenvalue weighted by atomic mass is 9.88. The van der Waals surface area contributed by atoms with Gasteiger partial charge in [0, 0.05) is 16.5 Å². The Bertz CT molecular complexity index is 1840. The number of ether oxygens (including phenoxy) is 1. The van der Waals surface area contributed by atoms with Crippen LogP contribution in [-0.2, 0) is 0 Å². The number of fused-ring (bicyclic) bond motifs is 1. The number of rotatable bonds is 6. The van der Waals surface area contributed by atoms with Crippen molar-refractivity contribution in [2.45, 2.75) is 6.36 Å². The molecule has 0 aliphatic rings. The number of nitrogens with zero attached hydrogens (tertiary/aromatic N) is 2. The van der Waals surface area contributed by atoms with Crippen LogP contribution in [0.5, 0.6) is 5.75 Å². The summed E-state index contributed by atoms with van der Waals surface area (Å²) in [4.78, 5) is 0. The van der Waals surface area contributed by atoms with Gasteiger partial charge in [-0.15, -0.1) is 23.4 Å². The van der Waals surface area contributed by atoms with Gasteiger partial charge in [0.05, 0.1) is 5.52 Å². The second-order valence-corrected chi connectivity index (χ2v) is 9.40. The molecule has 0 radical (unpaired) electrons. The van der Waals surface area contributed by atoms with Crippen LogP contribution in [0.2, 0.25) is 0 Å². The zero-order valence-electron chi connectivity index (χ0n) is 21.7. The van der Waals surface area contributed by atoms with Crippen molar-refractivity contribution in [3.63, 3.8) is 0 Å². The zero-order chi connectivity index (χ0) is 28.2. The molecule has 0 spiro atoms. The molecular weight excluding hydrogens is 521 g/mol. The van der Waals surface area contributed by atoms with E-state index in [0.717, 1.165) is 33.4 Å². The van der Waals surface area contributed by atoms with Gasteiger partial charge >= 0.3 is 6.36 Å². The lowest BCUT2D eigenvalue weighted by molar-refractivity contribution is -0.274. The maximum absolute atomic E-state index is 13.1. The summed E-state index contributed by atoms with van der Waals surface area (Å²) in [5.74, 6) is -0.316. The van der Waals surface area contributed by atoms with Crippen molar-refractivity contribution < 1.29 is 17.9 Å². The molecule has 41 heavy (non-hydrogen) atoms. The van der Waals surface area contributed by atoms with Crippen LogP contribution in [-0.4, -0.2) is 16.6 Å². The van der Waals surface area contributed by atoms with Crippen LogP contribution < -0.4 is 4.74 Å². The lowest BCUT2D eigenvalue weighted by Crippen LogP contribution is -2.17. The molecule has 0 saturated carbocycles. The van der Waals surface area contributed by atoms with Gasteiger partial charge < -0.3 is 4.74 Å². The molecule has 6 aromatic rings. The van der Waals surface area contributed by atoms with Gasteiger partial charge in [-0.25, -0.2) is 0 Å². The second kappa shape index (κ2) is 11.1. The molecule has 0 amide bonds. The molecule has 5 aromatic carbocycles. The van der Waals surface area contributed by atoms with Gasteiger partial charge in [0.15, 0.2) is 0 Å². The van der Waals surface area contributed by atoms with E-state index in [0.29, 0.717) is 22.2 Å². The van der Waals surface area contributed by atoms with E-state index in [1.54, 1.807) is 0 Å². The fourth-order valence-corrected chi connectivity index (χ4v) is 4.94. The molecule has 0 bridgehead atoms. The monoisotopic (exact) mass is 544 g/mol. The first kappa shape index (κ1) is 26.0. The molecule has 3 nitrogen and oxygen atoms in total. The highest BCUT2D eigenvalue weighted by molar-refractivity contribution is 6.04. The smallest absolute Gasteiger partial charge is 0.406 e. The first-order valence-electron chi connectivity index (χ1n) is 13.0. The fourth-order valence-electron chi connectivity index (χ4n) is 4.94. The van der Waals surface area contributed by atoms with E-state index in [9.17, 15) is 13.2 Å². The van der Waals surface area contributed by atoms with Crippen LogP contribution >= 0.6 is 0 Å². The van der Waals surface area contributed by atoms with Crippen molar-refractivity contribution in [1.29, 1.82) is 0 Å². The normalized spacial score (nSPS) is 11.9. The Balaban J connectivity index is 1.63. The van der Waals surface area contributed by atoms with Crippen molar-refractivity contribution in [3.8, 4) is 28.1 Å². The predicted molar refractivity (Wildman–Crippen MR) is 157 cm³/mol. The van der Waals surface area contributed by atoms with Crippen LogP contribution in [0.15, 0.2) is 133 Å². The highest BCUT2D eigenvalue weighted by atomic mass is 19.4. The second-order valence-electron chi connectivity index (χ2n) is 9.40. The summed E-state index contributed by atoms with van der Waals surface area (Å²) in [6.07, 6.45) is -2.69. The minimum atomic E-state index is -4.82. The van der Waals surface area contributed by atoms with Gasteiger partial charge in [-0.1, -0.05) is 115 Å². The van der Waals surface area contributed by atoms with Gasteiger partial charge in [0.25, 0.3) is 0 Å². The number of halogens is 3. The van der Waals surface area contributed by atoms with Crippen LogP contribution in [0.4, 0.5) is 13.2 Å². The van der Waals surface area contributed by atoms with E-state index in [1.807, 2.05) is 103 Å². The number of alkyl halides is 3. The van der Waals surface area contributed by atoms with E-state index in [-0.39, 0.29) is 5.75 Å². The Hall–Kier alpha value is -5.23. The molecule has 0 aliphatic carbocycles. The third kappa shape index (κ3) is 5.72. The average molecular weight is 545 g/mol. The molecule has 0 saturated heterocycles. The number of hydrogen-bond donors (Lipinski definition) is 0. The van der Waals surface area contributed by atoms with Crippen LogP contribution in [0.1, 0.15) is 16.7 Å². The SMILES string of the molecule is FC(F)(F)Oc1ccc2nnc(-c3ccccc3C(=Cc3ccccc3)c3ccccc3)c(-c3ccccc3)c2c1. The maximum atomic E-state index is 13.1. The summed E-state index contributed by atoms with van der Waals surface area (Å²) in [6, 6.07) is 41.6. The van der Waals surface area contributed by atoms with E-state index in [4.69, 9.17) is 0 Å². The quantitative estimate of drug-likeness (QED) is 0.196. The Morgan fingerprint density at radius 1 is 0.659 bits per heavy atom. The molecule has 6 heteroatoms. The van der Waals surface area contributed by atoms with Gasteiger partial charge in [-0.2, -0.15) is 0 Å². The molecule has 0 unspecified atom stereocenters. The largest absolute Gasteiger partial charge is 0.573 e. The fraction of sp³-hybridized carbons (Fsp3) is 0.0286. The summed E-state index contributed by atoms with van der Waals surface area (Å²) in [5, 5.41) is 9.60. The van der Waals surface area contributed by atoms with Crippen molar-refractivity contribution in [2.75, 3.05) is 0 Å². The highest BCUT2D eigenvalue weighted by Crippen LogP contribution is 2.41. The zero-order valence-corrected chi connectivity index (χ0v) is 21.7. The Morgan fingerprint density at radius 2 is 1.29 bits per heavy atom. The highest BCUT2D eigenvalue weighted by Gasteiger charge is 2.31. The standard InChI is InChI=1S/C35H23F3N2O/c36-35(37,38)41-27-20-21-32-31(23-27)33(26-16-8-3-9-17-26)34(40-39-32)29-19-11-10-18-28(29)30(25-14-6-2-7-15-25)22-24-12-4-1-5-13-24/h1-23H. The third-order valence-electron chi connectivity index (χ3n) is 6.70. The number of hydrogen-bond acceptors (Lipinski definition) is 3. The summed E-state index contributed by atoms with van der Waals surface area (Å²) in [5.41, 5.74) is 7.22. The van der Waals surface area contributed by atoms with Crippen molar-refractivity contribution in [1.82, 2.24) is 10.2 Å². The Kier molecular flexibility index (Phi) is 7.04. The van der Waals surface area contributed by atoms with Crippen molar-refractivity contribution >= 4 is 22.6 Å². The number of benzene rings is 5. The van der Waals surface area contributed by atoms with Crippen molar-refractivity contribution in [3.05, 3.63) is 150 Å². The maximum Gasteiger partial charge on any atom is 0.573 e. The lowest BCUT2D eigenvalue weighted by Gasteiger charge is -2.18. The molecule has 1 heterocycles. The van der Waals surface area contributed by atoms with Crippen LogP contribution in [0.25, 0.3) is 44.9 Å². The Morgan fingerprint density at radius 3 is 2.00 bits per heavy atom. The minimum Gasteiger partial charge on any atom is -0.406 e. The van der Waals surface area contributed by atoms with E-state index < -0.39 is 6.36 Å². The van der Waals surface area contributed by atoms with E-state index >= 15 is 0 Å². The molecule has 200 valence electrons. The minimum absolute atomic E-state index is 0.316. The molecule has 0 N–H and O–H groups in total. The van der Waals surface area contributed by atoms with Crippen molar-refractivity contribution in [2.24, 2.45) is 0 Å². The molecule has 6 rings (SSSR count). The summed E-state index contributed by atoms with van der Waals surface area (Å²) in [6.45, 7) is 0. The first-order valence-corrected chi connectivity index (χ1v) is 13.0. The van der Waals surface area contributed by atoms with Crippen LogP contribution in [0.3, 0.4) is 0 Å². The summed E-state index contributed by atoms with van der Waals surface area (Å²) in [7, 11) is 0. The predicted octanol–water partition coefficient (Wildman–Crippen LogP) is 9.45. The van der Waals surface area contributed by atoms with Gasteiger partial charge in [0.2, 0.25) is 0 Å². The van der Waals surface area contributed by atoms with Gasteiger partial charge in [-0.05, 0) is 52.1 Å². The average Bonchev–Trinajstić information content (AvgIpc) is 3.00. The summed E-state index contributed by atoms with van der Waals surface area (Å²) >= 11 is 0. The van der Waals surface area contributed by atoms with Crippen LogP contribution in [0, 0.1) is 0 Å². The molecule has 0 atom stereocenters. The van der Waals surface area contributed by atoms with E-state index in [2.05, 4.69) is 33.1 Å². The molecule has 1 aromatic heterocycles. The number of aromatic nitrogens is 2. The molecule has 0 aliphatic heterocycles. The van der Waals surface area contributed by atoms with E-state index in [1.165, 1.54) is 18.2 Å². The first-order chi connectivity index (χ1) is 20.0. The van der Waals surface area contributed by atoms with Gasteiger partial charge in [-0.3, -0.25) is 0 Å². The third-order valence-corrected chi connectivity index (χ3v) is 6.70. The molecular formula is C35H23F3N2O.